The Balaban J connectivity index is 1.68. The molecule has 26 heavy (non-hydrogen) atoms. The Bertz CT molecular complexity index is 803. The first-order chi connectivity index (χ1) is 12.5. The second-order valence-electron chi connectivity index (χ2n) is 6.93. The zero-order valence-electron chi connectivity index (χ0n) is 14.7. The molecule has 4 nitrogen and oxygen atoms in total. The summed E-state index contributed by atoms with van der Waals surface area (Å²) in [4.78, 5) is 25.4. The number of halogens is 1. The zero-order chi connectivity index (χ0) is 18.7. The largest absolute Gasteiger partial charge is 0.478 e. The summed E-state index contributed by atoms with van der Waals surface area (Å²) in [6.07, 6.45) is 1.62. The van der Waals surface area contributed by atoms with E-state index in [-0.39, 0.29) is 23.3 Å². The fourth-order valence-corrected chi connectivity index (χ4v) is 3.57. The molecule has 2 aromatic carbocycles. The van der Waals surface area contributed by atoms with Gasteiger partial charge in [-0.05, 0) is 42.5 Å². The van der Waals surface area contributed by atoms with E-state index >= 15 is 0 Å². The van der Waals surface area contributed by atoms with E-state index in [4.69, 9.17) is 5.11 Å². The fourth-order valence-electron chi connectivity index (χ4n) is 3.57. The van der Waals surface area contributed by atoms with Crippen LogP contribution in [0.15, 0.2) is 48.5 Å². The highest BCUT2D eigenvalue weighted by Crippen LogP contribution is 2.36. The maximum Gasteiger partial charge on any atom is 0.335 e. The summed E-state index contributed by atoms with van der Waals surface area (Å²) >= 11 is 0. The lowest BCUT2D eigenvalue weighted by Crippen LogP contribution is -2.31. The molecule has 2 unspecified atom stereocenters. The van der Waals surface area contributed by atoms with Crippen LogP contribution in [-0.2, 0) is 11.2 Å². The molecule has 2 atom stereocenters. The number of carboxylic acid groups (broad SMARTS) is 1. The summed E-state index contributed by atoms with van der Waals surface area (Å²) in [5, 5.41) is 8.93. The van der Waals surface area contributed by atoms with Crippen LogP contribution in [0.25, 0.3) is 0 Å². The van der Waals surface area contributed by atoms with Crippen LogP contribution in [0.3, 0.4) is 0 Å². The summed E-state index contributed by atoms with van der Waals surface area (Å²) in [6.45, 7) is 2.71. The highest BCUT2D eigenvalue weighted by Gasteiger charge is 2.34. The fraction of sp³-hybridized carbons (Fsp3) is 0.333. The minimum atomic E-state index is -0.966. The number of amides is 1. The number of rotatable bonds is 5. The minimum absolute atomic E-state index is 0.00455. The number of carbonyl (C=O) groups is 2. The summed E-state index contributed by atoms with van der Waals surface area (Å²) < 4.78 is 14.2. The maximum absolute atomic E-state index is 14.2. The monoisotopic (exact) mass is 355 g/mol. The van der Waals surface area contributed by atoms with Gasteiger partial charge in [0, 0.05) is 18.5 Å². The van der Waals surface area contributed by atoms with Gasteiger partial charge in [0.15, 0.2) is 0 Å². The van der Waals surface area contributed by atoms with Crippen molar-refractivity contribution in [2.45, 2.75) is 32.2 Å². The predicted octanol–water partition coefficient (Wildman–Crippen LogP) is 4.07. The Kier molecular flexibility index (Phi) is 5.35. The third-order valence-corrected chi connectivity index (χ3v) is 4.92. The van der Waals surface area contributed by atoms with Crippen LogP contribution in [0.4, 0.5) is 4.39 Å². The Morgan fingerprint density at radius 3 is 2.50 bits per heavy atom. The number of likely N-dealkylation sites (tertiary alicyclic amines) is 1. The minimum Gasteiger partial charge on any atom is -0.478 e. The van der Waals surface area contributed by atoms with E-state index in [1.165, 1.54) is 6.07 Å². The van der Waals surface area contributed by atoms with Crippen molar-refractivity contribution in [3.63, 3.8) is 0 Å². The molecule has 1 aliphatic rings. The van der Waals surface area contributed by atoms with E-state index in [2.05, 4.69) is 6.92 Å². The summed E-state index contributed by atoms with van der Waals surface area (Å²) in [7, 11) is 0. The first kappa shape index (κ1) is 18.1. The van der Waals surface area contributed by atoms with Gasteiger partial charge in [0.2, 0.25) is 5.91 Å². The zero-order valence-corrected chi connectivity index (χ0v) is 14.7. The van der Waals surface area contributed by atoms with E-state index in [1.807, 2.05) is 0 Å². The lowest BCUT2D eigenvalue weighted by molar-refractivity contribution is -0.132. The number of aromatic carboxylic acids is 1. The topological polar surface area (TPSA) is 57.6 Å². The molecular formula is C21H22FNO3. The van der Waals surface area contributed by atoms with E-state index < -0.39 is 5.97 Å². The highest BCUT2D eigenvalue weighted by molar-refractivity contribution is 5.87. The van der Waals surface area contributed by atoms with Crippen LogP contribution in [0, 0.1) is 11.7 Å². The van der Waals surface area contributed by atoms with Gasteiger partial charge < -0.3 is 10.0 Å². The summed E-state index contributed by atoms with van der Waals surface area (Å²) in [5.41, 5.74) is 1.72. The van der Waals surface area contributed by atoms with Gasteiger partial charge >= 0.3 is 5.97 Å². The molecule has 1 saturated heterocycles. The second-order valence-corrected chi connectivity index (χ2v) is 6.93. The number of aryl methyl sites for hydroxylation is 1. The van der Waals surface area contributed by atoms with Crippen molar-refractivity contribution in [2.24, 2.45) is 5.92 Å². The van der Waals surface area contributed by atoms with Crippen molar-refractivity contribution >= 4 is 11.9 Å². The molecule has 5 heteroatoms. The maximum atomic E-state index is 14.2. The molecule has 1 amide bonds. The molecule has 3 rings (SSSR count). The van der Waals surface area contributed by atoms with Crippen molar-refractivity contribution in [3.8, 4) is 0 Å². The highest BCUT2D eigenvalue weighted by atomic mass is 19.1. The molecule has 1 aliphatic heterocycles. The van der Waals surface area contributed by atoms with Gasteiger partial charge in [-0.15, -0.1) is 0 Å². The molecule has 2 aromatic rings. The molecule has 0 aliphatic carbocycles. The van der Waals surface area contributed by atoms with Crippen LogP contribution in [-0.4, -0.2) is 28.4 Å². The molecule has 136 valence electrons. The molecule has 0 saturated carbocycles. The first-order valence-corrected chi connectivity index (χ1v) is 8.82. The third kappa shape index (κ3) is 3.93. The van der Waals surface area contributed by atoms with Gasteiger partial charge in [-0.25, -0.2) is 9.18 Å². The number of carboxylic acids is 1. The van der Waals surface area contributed by atoms with Crippen molar-refractivity contribution in [1.29, 1.82) is 0 Å². The van der Waals surface area contributed by atoms with E-state index in [0.29, 0.717) is 30.9 Å². The normalized spacial score (nSPS) is 19.5. The van der Waals surface area contributed by atoms with Gasteiger partial charge in [-0.1, -0.05) is 37.3 Å². The van der Waals surface area contributed by atoms with Crippen LogP contribution < -0.4 is 0 Å². The predicted molar refractivity (Wildman–Crippen MR) is 96.4 cm³/mol. The Morgan fingerprint density at radius 1 is 1.15 bits per heavy atom. The molecule has 0 spiro atoms. The van der Waals surface area contributed by atoms with Gasteiger partial charge in [-0.3, -0.25) is 4.79 Å². The lowest BCUT2D eigenvalue weighted by Gasteiger charge is -2.25. The van der Waals surface area contributed by atoms with Crippen LogP contribution in [0.2, 0.25) is 0 Å². The number of hydrogen-bond donors (Lipinski definition) is 1. The van der Waals surface area contributed by atoms with E-state index in [9.17, 15) is 14.0 Å². The summed E-state index contributed by atoms with van der Waals surface area (Å²) in [6, 6.07) is 13.0. The van der Waals surface area contributed by atoms with Crippen LogP contribution >= 0.6 is 0 Å². The number of hydrogen-bond acceptors (Lipinski definition) is 2. The van der Waals surface area contributed by atoms with Crippen LogP contribution in [0.1, 0.15) is 47.3 Å². The third-order valence-electron chi connectivity index (χ3n) is 4.92. The van der Waals surface area contributed by atoms with E-state index in [1.54, 1.807) is 47.4 Å². The SMILES string of the molecule is CC1CC(c2ccccc2F)N(C(=O)CCc2ccc(C(=O)O)cc2)C1. The van der Waals surface area contributed by atoms with Crippen LogP contribution in [0.5, 0.6) is 0 Å². The summed E-state index contributed by atoms with van der Waals surface area (Å²) in [5.74, 6) is -0.900. The second kappa shape index (κ2) is 7.68. The average Bonchev–Trinajstić information content (AvgIpc) is 3.02. The van der Waals surface area contributed by atoms with Crippen molar-refractivity contribution < 1.29 is 19.1 Å². The van der Waals surface area contributed by atoms with Gasteiger partial charge in [0.05, 0.1) is 11.6 Å². The lowest BCUT2D eigenvalue weighted by atomic mass is 10.00. The van der Waals surface area contributed by atoms with Gasteiger partial charge in [-0.2, -0.15) is 0 Å². The van der Waals surface area contributed by atoms with Crippen molar-refractivity contribution in [3.05, 3.63) is 71.0 Å². The van der Waals surface area contributed by atoms with Crippen molar-refractivity contribution in [1.82, 2.24) is 4.90 Å². The smallest absolute Gasteiger partial charge is 0.335 e. The van der Waals surface area contributed by atoms with Crippen molar-refractivity contribution in [2.75, 3.05) is 6.54 Å². The first-order valence-electron chi connectivity index (χ1n) is 8.82. The Morgan fingerprint density at radius 2 is 1.85 bits per heavy atom. The number of carbonyl (C=O) groups excluding carboxylic acids is 1. The molecular weight excluding hydrogens is 333 g/mol. The molecule has 0 radical (unpaired) electrons. The Labute approximate surface area is 152 Å². The quantitative estimate of drug-likeness (QED) is 0.880. The molecule has 0 aromatic heterocycles. The molecule has 1 fully saturated rings. The standard InChI is InChI=1S/C21H22FNO3/c1-14-12-19(17-4-2-3-5-18(17)22)23(13-14)20(24)11-8-15-6-9-16(10-7-15)21(25)26/h2-7,9-10,14,19H,8,11-13H2,1H3,(H,25,26). The van der Waals surface area contributed by atoms with Gasteiger partial charge in [0.25, 0.3) is 0 Å². The average molecular weight is 355 g/mol. The number of benzene rings is 2. The molecule has 1 N–H and O–H groups in total. The number of nitrogens with zero attached hydrogens (tertiary/aromatic N) is 1. The molecule has 0 bridgehead atoms. The van der Waals surface area contributed by atoms with Gasteiger partial charge in [0.1, 0.15) is 5.82 Å². The van der Waals surface area contributed by atoms with E-state index in [0.717, 1.165) is 12.0 Å². The Hall–Kier alpha value is -2.69. The molecule has 1 heterocycles.